The van der Waals surface area contributed by atoms with Crippen molar-refractivity contribution in [2.75, 3.05) is 11.9 Å². The van der Waals surface area contributed by atoms with Gasteiger partial charge in [-0.3, -0.25) is 4.79 Å². The largest absolute Gasteiger partial charge is 0.389 e. The average Bonchev–Trinajstić information content (AvgIpc) is 2.76. The second-order valence-corrected chi connectivity index (χ2v) is 9.88. The van der Waals surface area contributed by atoms with Gasteiger partial charge in [0, 0.05) is 29.2 Å². The van der Waals surface area contributed by atoms with Gasteiger partial charge >= 0.3 is 0 Å². The standard InChI is InChI=1S/C25H27ClN2O3S/c1-25(2,30)17-27-32(31)21-12-8-18(9-13-21)10-15-24(29)22-14-11-19(26)16-23(22)28-20-6-4-3-5-7-20/h3-9,11-14,16,27-28,30H,10,15,17H2,1-2H3. The van der Waals surface area contributed by atoms with Crippen LogP contribution in [0.3, 0.4) is 0 Å². The zero-order chi connectivity index (χ0) is 23.1. The van der Waals surface area contributed by atoms with Gasteiger partial charge in [-0.1, -0.05) is 41.9 Å². The molecule has 3 aromatic carbocycles. The summed E-state index contributed by atoms with van der Waals surface area (Å²) < 4.78 is 15.1. The summed E-state index contributed by atoms with van der Waals surface area (Å²) >= 11 is 6.15. The fourth-order valence-corrected chi connectivity index (χ4v) is 4.24. The highest BCUT2D eigenvalue weighted by Gasteiger charge is 2.15. The van der Waals surface area contributed by atoms with Gasteiger partial charge in [-0.05, 0) is 68.3 Å². The zero-order valence-corrected chi connectivity index (χ0v) is 19.7. The summed E-state index contributed by atoms with van der Waals surface area (Å²) in [6.45, 7) is 3.52. The maximum atomic E-state index is 12.9. The molecule has 0 saturated carbocycles. The van der Waals surface area contributed by atoms with Crippen LogP contribution >= 0.6 is 11.6 Å². The first-order valence-corrected chi connectivity index (χ1v) is 11.9. The molecule has 0 spiro atoms. The molecule has 0 fully saturated rings. The molecular formula is C25H27ClN2O3S. The van der Waals surface area contributed by atoms with Crippen molar-refractivity contribution in [3.05, 3.63) is 88.9 Å². The minimum absolute atomic E-state index is 0.0135. The Hall–Kier alpha value is -2.51. The van der Waals surface area contributed by atoms with Crippen LogP contribution in [0.5, 0.6) is 0 Å². The Morgan fingerprint density at radius 3 is 2.38 bits per heavy atom. The molecule has 0 heterocycles. The van der Waals surface area contributed by atoms with Gasteiger partial charge in [0.1, 0.15) is 11.0 Å². The van der Waals surface area contributed by atoms with Gasteiger partial charge < -0.3 is 10.4 Å². The Morgan fingerprint density at radius 2 is 1.72 bits per heavy atom. The summed E-state index contributed by atoms with van der Waals surface area (Å²) in [5.74, 6) is 0.0135. The second kappa shape index (κ2) is 10.9. The highest BCUT2D eigenvalue weighted by Crippen LogP contribution is 2.26. The van der Waals surface area contributed by atoms with E-state index in [0.29, 0.717) is 34.0 Å². The van der Waals surface area contributed by atoms with E-state index in [-0.39, 0.29) is 12.3 Å². The molecule has 7 heteroatoms. The van der Waals surface area contributed by atoms with E-state index >= 15 is 0 Å². The Kier molecular flexibility index (Phi) is 8.21. The van der Waals surface area contributed by atoms with Crippen molar-refractivity contribution in [1.82, 2.24) is 4.72 Å². The third-order valence-corrected chi connectivity index (χ3v) is 6.09. The molecule has 0 amide bonds. The van der Waals surface area contributed by atoms with Crippen LogP contribution < -0.4 is 10.0 Å². The van der Waals surface area contributed by atoms with Crippen molar-refractivity contribution < 1.29 is 14.1 Å². The van der Waals surface area contributed by atoms with Crippen LogP contribution in [-0.4, -0.2) is 27.2 Å². The lowest BCUT2D eigenvalue weighted by Gasteiger charge is -2.17. The van der Waals surface area contributed by atoms with E-state index in [2.05, 4.69) is 10.0 Å². The molecule has 3 rings (SSSR count). The first-order valence-electron chi connectivity index (χ1n) is 10.3. The van der Waals surface area contributed by atoms with Crippen LogP contribution in [0, 0.1) is 0 Å². The number of para-hydroxylation sites is 1. The number of benzene rings is 3. The Balaban J connectivity index is 1.63. The molecule has 0 saturated heterocycles. The van der Waals surface area contributed by atoms with Crippen LogP contribution in [-0.2, 0) is 17.4 Å². The number of carbonyl (C=O) groups is 1. The maximum absolute atomic E-state index is 12.9. The number of anilines is 2. The summed E-state index contributed by atoms with van der Waals surface area (Å²) in [5, 5.41) is 13.6. The molecule has 0 radical (unpaired) electrons. The first kappa shape index (κ1) is 24.1. The summed E-state index contributed by atoms with van der Waals surface area (Å²) in [5.41, 5.74) is 2.19. The number of halogens is 1. The third-order valence-electron chi connectivity index (χ3n) is 4.75. The normalized spacial score (nSPS) is 12.4. The summed E-state index contributed by atoms with van der Waals surface area (Å²) in [4.78, 5) is 13.6. The lowest BCUT2D eigenvalue weighted by molar-refractivity contribution is 0.0861. The highest BCUT2D eigenvalue weighted by molar-refractivity contribution is 7.83. The highest BCUT2D eigenvalue weighted by atomic mass is 35.5. The molecule has 3 N–H and O–H groups in total. The van der Waals surface area contributed by atoms with Gasteiger partial charge in [0.25, 0.3) is 0 Å². The fourth-order valence-electron chi connectivity index (χ4n) is 3.04. The van der Waals surface area contributed by atoms with Crippen molar-refractivity contribution in [3.8, 4) is 0 Å². The van der Waals surface area contributed by atoms with Crippen molar-refractivity contribution >= 4 is 39.7 Å². The van der Waals surface area contributed by atoms with E-state index in [1.807, 2.05) is 42.5 Å². The smallest absolute Gasteiger partial charge is 0.165 e. The van der Waals surface area contributed by atoms with Crippen LogP contribution in [0.4, 0.5) is 11.4 Å². The zero-order valence-electron chi connectivity index (χ0n) is 18.1. The average molecular weight is 471 g/mol. The SMILES string of the molecule is CC(C)(O)CNS(=O)c1ccc(CCC(=O)c2ccc(Cl)cc2Nc2ccccc2)cc1. The molecule has 0 aliphatic rings. The Morgan fingerprint density at radius 1 is 1.03 bits per heavy atom. The molecule has 32 heavy (non-hydrogen) atoms. The number of hydrogen-bond donors (Lipinski definition) is 3. The van der Waals surface area contributed by atoms with Crippen LogP contribution in [0.2, 0.25) is 5.02 Å². The number of carbonyl (C=O) groups excluding carboxylic acids is 1. The van der Waals surface area contributed by atoms with Crippen molar-refractivity contribution in [2.24, 2.45) is 0 Å². The predicted octanol–water partition coefficient (Wildman–Crippen LogP) is 5.28. The monoisotopic (exact) mass is 470 g/mol. The molecule has 168 valence electrons. The van der Waals surface area contributed by atoms with E-state index < -0.39 is 16.6 Å². The fraction of sp³-hybridized carbons (Fsp3) is 0.240. The Bertz CT molecular complexity index is 1080. The van der Waals surface area contributed by atoms with E-state index in [0.717, 1.165) is 11.3 Å². The molecule has 3 aromatic rings. The van der Waals surface area contributed by atoms with Crippen LogP contribution in [0.1, 0.15) is 36.2 Å². The lowest BCUT2D eigenvalue weighted by atomic mass is 10.0. The van der Waals surface area contributed by atoms with E-state index in [4.69, 9.17) is 11.6 Å². The predicted molar refractivity (Wildman–Crippen MR) is 131 cm³/mol. The van der Waals surface area contributed by atoms with E-state index in [1.54, 1.807) is 44.2 Å². The molecule has 0 aromatic heterocycles. The van der Waals surface area contributed by atoms with Crippen molar-refractivity contribution in [2.45, 2.75) is 37.2 Å². The quantitative estimate of drug-likeness (QED) is 0.352. The third kappa shape index (κ3) is 7.28. The molecule has 0 aliphatic carbocycles. The Labute approximate surface area is 196 Å². The van der Waals surface area contributed by atoms with Gasteiger partial charge in [-0.25, -0.2) is 8.93 Å². The molecular weight excluding hydrogens is 444 g/mol. The number of Topliss-reactive ketones (excluding diaryl/α,β-unsaturated/α-hetero) is 1. The van der Waals surface area contributed by atoms with Gasteiger partial charge in [-0.2, -0.15) is 0 Å². The van der Waals surface area contributed by atoms with Crippen LogP contribution in [0.15, 0.2) is 77.7 Å². The minimum atomic E-state index is -1.40. The van der Waals surface area contributed by atoms with Crippen LogP contribution in [0.25, 0.3) is 0 Å². The van der Waals surface area contributed by atoms with Gasteiger partial charge in [0.05, 0.1) is 16.2 Å². The molecule has 0 bridgehead atoms. The minimum Gasteiger partial charge on any atom is -0.389 e. The summed E-state index contributed by atoms with van der Waals surface area (Å²) in [6.07, 6.45) is 0.904. The number of ketones is 1. The molecule has 1 atom stereocenters. The van der Waals surface area contributed by atoms with E-state index in [9.17, 15) is 14.1 Å². The van der Waals surface area contributed by atoms with Gasteiger partial charge in [0.2, 0.25) is 0 Å². The summed E-state index contributed by atoms with van der Waals surface area (Å²) in [6, 6.07) is 22.1. The van der Waals surface area contributed by atoms with Crippen molar-refractivity contribution in [3.63, 3.8) is 0 Å². The molecule has 1 unspecified atom stereocenters. The number of aliphatic hydroxyl groups is 1. The van der Waals surface area contributed by atoms with Gasteiger partial charge in [-0.15, -0.1) is 0 Å². The number of hydrogen-bond acceptors (Lipinski definition) is 4. The maximum Gasteiger partial charge on any atom is 0.165 e. The van der Waals surface area contributed by atoms with Gasteiger partial charge in [0.15, 0.2) is 5.78 Å². The van der Waals surface area contributed by atoms with E-state index in [1.165, 1.54) is 0 Å². The second-order valence-electron chi connectivity index (χ2n) is 8.15. The number of rotatable bonds is 10. The van der Waals surface area contributed by atoms with Crippen molar-refractivity contribution in [1.29, 1.82) is 0 Å². The molecule has 0 aliphatic heterocycles. The summed E-state index contributed by atoms with van der Waals surface area (Å²) in [7, 11) is -1.40. The molecule has 5 nitrogen and oxygen atoms in total. The first-order chi connectivity index (χ1) is 15.2. The number of aryl methyl sites for hydroxylation is 1. The lowest BCUT2D eigenvalue weighted by Crippen LogP contribution is -2.35. The topological polar surface area (TPSA) is 78.4 Å². The number of nitrogens with one attached hydrogen (secondary N) is 2.